The Kier molecular flexibility index (Phi) is 6.93. The summed E-state index contributed by atoms with van der Waals surface area (Å²) in [4.78, 5) is 2.50. The zero-order valence-corrected chi connectivity index (χ0v) is 17.2. The molecule has 3 rings (SSSR count). The van der Waals surface area contributed by atoms with Crippen molar-refractivity contribution in [3.8, 4) is 11.5 Å². The predicted molar refractivity (Wildman–Crippen MR) is 107 cm³/mol. The first kappa shape index (κ1) is 20.6. The fraction of sp³-hybridized carbons (Fsp3) is 0.429. The van der Waals surface area contributed by atoms with Crippen LogP contribution in [-0.4, -0.2) is 53.3 Å². The molecule has 0 N–H and O–H groups in total. The van der Waals surface area contributed by atoms with Gasteiger partial charge in [-0.3, -0.25) is 9.08 Å². The van der Waals surface area contributed by atoms with E-state index in [1.54, 1.807) is 44.6 Å². The maximum atomic E-state index is 12.3. The fourth-order valence-corrected chi connectivity index (χ4v) is 4.47. The van der Waals surface area contributed by atoms with Crippen LogP contribution in [0.4, 0.5) is 0 Å². The zero-order valence-electron chi connectivity index (χ0n) is 16.3. The van der Waals surface area contributed by atoms with E-state index in [1.807, 2.05) is 18.2 Å². The van der Waals surface area contributed by atoms with Crippen LogP contribution in [0, 0.1) is 0 Å². The van der Waals surface area contributed by atoms with Crippen LogP contribution in [0.25, 0.3) is 0 Å². The van der Waals surface area contributed by atoms with Crippen LogP contribution in [-0.2, 0) is 20.7 Å². The van der Waals surface area contributed by atoms with E-state index in [2.05, 4.69) is 4.90 Å². The summed E-state index contributed by atoms with van der Waals surface area (Å²) in [5, 5.41) is 0. The lowest BCUT2D eigenvalue weighted by Gasteiger charge is -2.24. The second-order valence-corrected chi connectivity index (χ2v) is 8.44. The molecule has 1 aliphatic heterocycles. The number of hydrogen-bond acceptors (Lipinski definition) is 6. The second kappa shape index (κ2) is 9.41. The van der Waals surface area contributed by atoms with Gasteiger partial charge in [0.05, 0.1) is 25.7 Å². The first-order valence-electron chi connectivity index (χ1n) is 9.43. The maximum Gasteiger partial charge on any atom is 0.297 e. The number of hydrogen-bond donors (Lipinski definition) is 0. The Hall–Kier alpha value is -2.09. The summed E-state index contributed by atoms with van der Waals surface area (Å²) < 4.78 is 40.7. The minimum Gasteiger partial charge on any atom is -0.493 e. The zero-order chi connectivity index (χ0) is 20.0. The molecule has 0 radical (unpaired) electrons. The second-order valence-electron chi connectivity index (χ2n) is 6.82. The summed E-state index contributed by atoms with van der Waals surface area (Å²) in [6.07, 6.45) is 2.84. The predicted octanol–water partition coefficient (Wildman–Crippen LogP) is 3.12. The molecule has 7 heteroatoms. The molecule has 0 aliphatic carbocycles. The van der Waals surface area contributed by atoms with Crippen molar-refractivity contribution in [3.63, 3.8) is 0 Å². The Labute approximate surface area is 167 Å². The summed E-state index contributed by atoms with van der Waals surface area (Å²) in [6.45, 7) is 1.98. The molecule has 0 spiro atoms. The van der Waals surface area contributed by atoms with Crippen molar-refractivity contribution in [1.29, 1.82) is 0 Å². The van der Waals surface area contributed by atoms with Crippen LogP contribution in [0.5, 0.6) is 11.5 Å². The average Bonchev–Trinajstić information content (AvgIpc) is 3.18. The van der Waals surface area contributed by atoms with Crippen molar-refractivity contribution >= 4 is 10.1 Å². The summed E-state index contributed by atoms with van der Waals surface area (Å²) in [5.41, 5.74) is 1.15. The Morgan fingerprint density at radius 1 is 1.04 bits per heavy atom. The first-order valence-corrected chi connectivity index (χ1v) is 10.8. The van der Waals surface area contributed by atoms with E-state index in [0.29, 0.717) is 5.75 Å². The SMILES string of the molecule is COc1ccc(CCN2CCCC2COS(=O)(=O)c2ccccc2)cc1OC. The van der Waals surface area contributed by atoms with E-state index in [-0.39, 0.29) is 17.5 Å². The molecule has 6 nitrogen and oxygen atoms in total. The highest BCUT2D eigenvalue weighted by Crippen LogP contribution is 2.28. The van der Waals surface area contributed by atoms with Gasteiger partial charge in [0, 0.05) is 12.6 Å². The third kappa shape index (κ3) is 5.04. The molecule has 28 heavy (non-hydrogen) atoms. The van der Waals surface area contributed by atoms with E-state index < -0.39 is 10.1 Å². The Morgan fingerprint density at radius 2 is 1.79 bits per heavy atom. The largest absolute Gasteiger partial charge is 0.493 e. The lowest BCUT2D eigenvalue weighted by molar-refractivity contribution is 0.178. The first-order chi connectivity index (χ1) is 13.5. The van der Waals surface area contributed by atoms with Crippen LogP contribution < -0.4 is 9.47 Å². The normalized spacial score (nSPS) is 17.6. The average molecular weight is 406 g/mol. The third-order valence-corrected chi connectivity index (χ3v) is 6.38. The van der Waals surface area contributed by atoms with Crippen LogP contribution in [0.1, 0.15) is 18.4 Å². The van der Waals surface area contributed by atoms with Gasteiger partial charge in [0.1, 0.15) is 0 Å². The monoisotopic (exact) mass is 405 g/mol. The molecule has 1 saturated heterocycles. The molecule has 0 saturated carbocycles. The van der Waals surface area contributed by atoms with Crippen molar-refractivity contribution in [3.05, 3.63) is 54.1 Å². The highest BCUT2D eigenvalue weighted by atomic mass is 32.2. The van der Waals surface area contributed by atoms with E-state index in [4.69, 9.17) is 13.7 Å². The number of nitrogens with zero attached hydrogens (tertiary/aromatic N) is 1. The molecule has 0 amide bonds. The van der Waals surface area contributed by atoms with E-state index >= 15 is 0 Å². The standard InChI is InChI=1S/C21H27NO5S/c1-25-20-11-10-17(15-21(20)26-2)12-14-22-13-6-7-18(22)16-27-28(23,24)19-8-4-3-5-9-19/h3-5,8-11,15,18H,6-7,12-14,16H2,1-2H3. The topological polar surface area (TPSA) is 65.1 Å². The molecule has 1 unspecified atom stereocenters. The summed E-state index contributed by atoms with van der Waals surface area (Å²) in [6, 6.07) is 14.3. The van der Waals surface area contributed by atoms with Gasteiger partial charge in [-0.15, -0.1) is 0 Å². The van der Waals surface area contributed by atoms with Gasteiger partial charge in [0.2, 0.25) is 0 Å². The van der Waals surface area contributed by atoms with Gasteiger partial charge < -0.3 is 9.47 Å². The van der Waals surface area contributed by atoms with Gasteiger partial charge in [-0.1, -0.05) is 24.3 Å². The maximum absolute atomic E-state index is 12.3. The number of methoxy groups -OCH3 is 2. The van der Waals surface area contributed by atoms with Crippen LogP contribution in [0.15, 0.2) is 53.4 Å². The van der Waals surface area contributed by atoms with Gasteiger partial charge in [0.15, 0.2) is 11.5 Å². The molecule has 1 aliphatic rings. The van der Waals surface area contributed by atoms with Gasteiger partial charge in [-0.05, 0) is 55.6 Å². The molecule has 2 aromatic rings. The number of rotatable bonds is 9. The number of ether oxygens (including phenoxy) is 2. The van der Waals surface area contributed by atoms with E-state index in [0.717, 1.165) is 43.7 Å². The molecule has 0 aromatic heterocycles. The van der Waals surface area contributed by atoms with Crippen molar-refractivity contribution in [2.24, 2.45) is 0 Å². The van der Waals surface area contributed by atoms with Crippen molar-refractivity contribution in [2.75, 3.05) is 33.9 Å². The summed E-state index contributed by atoms with van der Waals surface area (Å²) >= 11 is 0. The highest BCUT2D eigenvalue weighted by Gasteiger charge is 2.27. The fourth-order valence-electron chi connectivity index (χ4n) is 3.51. The lowest BCUT2D eigenvalue weighted by atomic mass is 10.1. The highest BCUT2D eigenvalue weighted by molar-refractivity contribution is 7.86. The molecular weight excluding hydrogens is 378 g/mol. The van der Waals surface area contributed by atoms with E-state index in [1.165, 1.54) is 0 Å². The molecule has 1 atom stereocenters. The molecule has 1 heterocycles. The van der Waals surface area contributed by atoms with Gasteiger partial charge in [0.25, 0.3) is 10.1 Å². The van der Waals surface area contributed by atoms with Crippen molar-refractivity contribution in [1.82, 2.24) is 4.90 Å². The van der Waals surface area contributed by atoms with Crippen LogP contribution >= 0.6 is 0 Å². The third-order valence-electron chi connectivity index (χ3n) is 5.08. The molecular formula is C21H27NO5S. The van der Waals surface area contributed by atoms with Gasteiger partial charge in [-0.25, -0.2) is 0 Å². The summed E-state index contributed by atoms with van der Waals surface area (Å²) in [5.74, 6) is 1.43. The Bertz CT molecular complexity index is 870. The quantitative estimate of drug-likeness (QED) is 0.597. The van der Waals surface area contributed by atoms with Crippen molar-refractivity contribution in [2.45, 2.75) is 30.2 Å². The Morgan fingerprint density at radius 3 is 2.50 bits per heavy atom. The summed E-state index contributed by atoms with van der Waals surface area (Å²) in [7, 11) is -0.464. The minimum atomic E-state index is -3.71. The van der Waals surface area contributed by atoms with Crippen molar-refractivity contribution < 1.29 is 22.1 Å². The molecule has 2 aromatic carbocycles. The molecule has 1 fully saturated rings. The van der Waals surface area contributed by atoms with Gasteiger partial charge >= 0.3 is 0 Å². The van der Waals surface area contributed by atoms with E-state index in [9.17, 15) is 8.42 Å². The van der Waals surface area contributed by atoms with Gasteiger partial charge in [-0.2, -0.15) is 8.42 Å². The van der Waals surface area contributed by atoms with Crippen LogP contribution in [0.2, 0.25) is 0 Å². The number of likely N-dealkylation sites (tertiary alicyclic amines) is 1. The Balaban J connectivity index is 1.56. The smallest absolute Gasteiger partial charge is 0.297 e. The molecule has 152 valence electrons. The molecule has 0 bridgehead atoms. The lowest BCUT2D eigenvalue weighted by Crippen LogP contribution is -2.35. The minimum absolute atomic E-state index is 0.110. The van der Waals surface area contributed by atoms with Crippen LogP contribution in [0.3, 0.4) is 0 Å². The number of benzene rings is 2.